The van der Waals surface area contributed by atoms with Gasteiger partial charge in [0.15, 0.2) is 0 Å². The summed E-state index contributed by atoms with van der Waals surface area (Å²) in [5.74, 6) is 2.79. The number of rotatable bonds is 5. The van der Waals surface area contributed by atoms with Gasteiger partial charge in [0.05, 0.1) is 6.04 Å². The van der Waals surface area contributed by atoms with Crippen LogP contribution < -0.4 is 5.32 Å². The summed E-state index contributed by atoms with van der Waals surface area (Å²) in [6, 6.07) is -0.134. The van der Waals surface area contributed by atoms with Gasteiger partial charge in [0, 0.05) is 12.3 Å². The molecule has 1 N–H and O–H groups in total. The molecule has 0 saturated carbocycles. The summed E-state index contributed by atoms with van der Waals surface area (Å²) in [4.78, 5) is 11.0. The van der Waals surface area contributed by atoms with Crippen LogP contribution in [0.2, 0.25) is 0 Å². The van der Waals surface area contributed by atoms with Gasteiger partial charge in [-0.15, -0.1) is 18.0 Å². The lowest BCUT2D eigenvalue weighted by Crippen LogP contribution is -2.33. The second kappa shape index (κ2) is 7.00. The van der Waals surface area contributed by atoms with E-state index >= 15 is 0 Å². The number of alkyl halides is 1. The van der Waals surface area contributed by atoms with Gasteiger partial charge in [0.25, 0.3) is 0 Å². The van der Waals surface area contributed by atoms with E-state index in [1.165, 1.54) is 0 Å². The van der Waals surface area contributed by atoms with Crippen molar-refractivity contribution < 1.29 is 4.79 Å². The highest BCUT2D eigenvalue weighted by Gasteiger charge is 2.06. The Kier molecular flexibility index (Phi) is 6.60. The molecule has 0 saturated heterocycles. The zero-order valence-electron chi connectivity index (χ0n) is 7.27. The molecule has 0 aliphatic heterocycles. The minimum Gasteiger partial charge on any atom is -0.342 e. The number of nitrogens with one attached hydrogen (secondary N) is 1. The second-order valence-corrected chi connectivity index (χ2v) is 2.89. The fourth-order valence-electron chi connectivity index (χ4n) is 0.838. The van der Waals surface area contributed by atoms with Crippen LogP contribution in [-0.2, 0) is 4.79 Å². The highest BCUT2D eigenvalue weighted by Crippen LogP contribution is 1.95. The first-order valence-corrected chi connectivity index (χ1v) is 4.59. The lowest BCUT2D eigenvalue weighted by molar-refractivity contribution is -0.121. The zero-order chi connectivity index (χ0) is 9.40. The van der Waals surface area contributed by atoms with Crippen molar-refractivity contribution in [1.29, 1.82) is 0 Å². The molecule has 0 rings (SSSR count). The molecule has 0 spiro atoms. The lowest BCUT2D eigenvalue weighted by Gasteiger charge is -2.10. The minimum absolute atomic E-state index is 0.0681. The van der Waals surface area contributed by atoms with E-state index < -0.39 is 0 Å². The molecule has 3 heteroatoms. The molecule has 0 heterocycles. The average molecular weight is 188 g/mol. The number of terminal acetylenes is 1. The van der Waals surface area contributed by atoms with E-state index in [-0.39, 0.29) is 11.9 Å². The zero-order valence-corrected chi connectivity index (χ0v) is 8.03. The van der Waals surface area contributed by atoms with Gasteiger partial charge in [-0.05, 0) is 6.42 Å². The molecule has 0 fully saturated rings. The van der Waals surface area contributed by atoms with Crippen molar-refractivity contribution in [2.24, 2.45) is 0 Å². The Bertz CT molecular complexity index is 174. The van der Waals surface area contributed by atoms with Crippen LogP contribution in [0, 0.1) is 12.3 Å². The number of amides is 1. The van der Waals surface area contributed by atoms with Gasteiger partial charge >= 0.3 is 0 Å². The van der Waals surface area contributed by atoms with E-state index in [9.17, 15) is 4.79 Å². The third-order valence-corrected chi connectivity index (χ3v) is 1.62. The number of carbonyl (C=O) groups is 1. The maximum absolute atomic E-state index is 11.0. The molecule has 0 aromatic carbocycles. The van der Waals surface area contributed by atoms with Gasteiger partial charge in [0.1, 0.15) is 0 Å². The van der Waals surface area contributed by atoms with Gasteiger partial charge in [-0.25, -0.2) is 0 Å². The molecule has 0 aromatic heterocycles. The van der Waals surface area contributed by atoms with Crippen LogP contribution in [0.4, 0.5) is 0 Å². The molecule has 68 valence electrons. The second-order valence-electron chi connectivity index (χ2n) is 2.51. The summed E-state index contributed by atoms with van der Waals surface area (Å²) < 4.78 is 0. The molecule has 12 heavy (non-hydrogen) atoms. The predicted octanol–water partition coefficient (Wildman–Crippen LogP) is 1.53. The van der Waals surface area contributed by atoms with Crippen LogP contribution in [0.15, 0.2) is 0 Å². The predicted molar refractivity (Wildman–Crippen MR) is 51.0 cm³/mol. The fourth-order valence-corrected chi connectivity index (χ4v) is 1.01. The maximum Gasteiger partial charge on any atom is 0.222 e. The van der Waals surface area contributed by atoms with Crippen LogP contribution in [-0.4, -0.2) is 17.8 Å². The summed E-state index contributed by atoms with van der Waals surface area (Å²) in [5.41, 5.74) is 0. The molecule has 0 radical (unpaired) electrons. The first kappa shape index (κ1) is 11.3. The Balaban J connectivity index is 3.71. The Hall–Kier alpha value is -0.680. The van der Waals surface area contributed by atoms with E-state index in [1.807, 2.05) is 6.92 Å². The van der Waals surface area contributed by atoms with Crippen LogP contribution in [0.1, 0.15) is 26.2 Å². The number of halogens is 1. The number of hydrogen-bond donors (Lipinski definition) is 1. The van der Waals surface area contributed by atoms with Crippen molar-refractivity contribution in [1.82, 2.24) is 5.32 Å². The molecule has 1 amide bonds. The van der Waals surface area contributed by atoms with E-state index in [2.05, 4.69) is 11.2 Å². The van der Waals surface area contributed by atoms with Crippen molar-refractivity contribution in [2.45, 2.75) is 32.2 Å². The lowest BCUT2D eigenvalue weighted by atomic mass is 10.2. The highest BCUT2D eigenvalue weighted by atomic mass is 35.5. The molecule has 0 bridgehead atoms. The number of hydrogen-bond acceptors (Lipinski definition) is 1. The Morgan fingerprint density at radius 3 is 2.83 bits per heavy atom. The molecule has 0 aliphatic carbocycles. The molecule has 1 unspecified atom stereocenters. The van der Waals surface area contributed by atoms with Crippen molar-refractivity contribution in [3.05, 3.63) is 0 Å². The first-order chi connectivity index (χ1) is 5.74. The quantitative estimate of drug-likeness (QED) is 0.514. The Morgan fingerprint density at radius 2 is 2.42 bits per heavy atom. The third-order valence-electron chi connectivity index (χ3n) is 1.44. The van der Waals surface area contributed by atoms with E-state index in [0.717, 1.165) is 12.8 Å². The largest absolute Gasteiger partial charge is 0.342 e. The molecule has 2 nitrogen and oxygen atoms in total. The number of carbonyl (C=O) groups excluding carboxylic acids is 1. The Morgan fingerprint density at radius 1 is 1.75 bits per heavy atom. The van der Waals surface area contributed by atoms with Gasteiger partial charge in [-0.2, -0.15) is 0 Å². The van der Waals surface area contributed by atoms with Crippen LogP contribution in [0.25, 0.3) is 0 Å². The maximum atomic E-state index is 11.0. The Labute approximate surface area is 78.7 Å². The molecule has 0 aliphatic rings. The fraction of sp³-hybridized carbons (Fsp3) is 0.667. The van der Waals surface area contributed by atoms with Crippen molar-refractivity contribution in [3.8, 4) is 12.3 Å². The van der Waals surface area contributed by atoms with E-state index in [4.69, 9.17) is 18.0 Å². The highest BCUT2D eigenvalue weighted by molar-refractivity contribution is 6.18. The van der Waals surface area contributed by atoms with Crippen LogP contribution in [0.3, 0.4) is 0 Å². The topological polar surface area (TPSA) is 29.1 Å². The minimum atomic E-state index is -0.134. The smallest absolute Gasteiger partial charge is 0.222 e. The van der Waals surface area contributed by atoms with Crippen LogP contribution in [0.5, 0.6) is 0 Å². The first-order valence-electron chi connectivity index (χ1n) is 4.06. The normalized spacial score (nSPS) is 11.8. The summed E-state index contributed by atoms with van der Waals surface area (Å²) in [5, 5.41) is 2.71. The van der Waals surface area contributed by atoms with Crippen LogP contribution >= 0.6 is 11.6 Å². The van der Waals surface area contributed by atoms with Gasteiger partial charge in [-0.3, -0.25) is 4.79 Å². The molecule has 0 aromatic rings. The van der Waals surface area contributed by atoms with Gasteiger partial charge in [0.2, 0.25) is 5.91 Å². The SMILES string of the molecule is C#CC(CCC)NC(=O)CCCl. The average Bonchev–Trinajstić information content (AvgIpc) is 2.04. The standard InChI is InChI=1S/C9H14ClNO/c1-3-5-8(4-2)11-9(12)6-7-10/h2,8H,3,5-7H2,1H3,(H,11,12). The van der Waals surface area contributed by atoms with Crippen molar-refractivity contribution in [3.63, 3.8) is 0 Å². The molecular weight excluding hydrogens is 174 g/mol. The summed E-state index contributed by atoms with van der Waals surface area (Å²) in [6.07, 6.45) is 7.33. The van der Waals surface area contributed by atoms with Crippen molar-refractivity contribution >= 4 is 17.5 Å². The molecule has 1 atom stereocenters. The van der Waals surface area contributed by atoms with Crippen molar-refractivity contribution in [2.75, 3.05) is 5.88 Å². The monoisotopic (exact) mass is 187 g/mol. The summed E-state index contributed by atoms with van der Waals surface area (Å²) in [6.45, 7) is 2.03. The van der Waals surface area contributed by atoms with E-state index in [1.54, 1.807) is 0 Å². The van der Waals surface area contributed by atoms with E-state index in [0.29, 0.717) is 12.3 Å². The molecular formula is C9H14ClNO. The third kappa shape index (κ3) is 5.03. The summed E-state index contributed by atoms with van der Waals surface area (Å²) in [7, 11) is 0. The van der Waals surface area contributed by atoms with Gasteiger partial charge < -0.3 is 5.32 Å². The van der Waals surface area contributed by atoms with Gasteiger partial charge in [-0.1, -0.05) is 19.3 Å². The summed E-state index contributed by atoms with van der Waals surface area (Å²) >= 11 is 5.39.